The van der Waals surface area contributed by atoms with E-state index in [-0.39, 0.29) is 5.92 Å². The molecule has 0 aromatic carbocycles. The second-order valence-corrected chi connectivity index (χ2v) is 6.59. The smallest absolute Gasteiger partial charge is 0.407 e. The fraction of sp³-hybridized carbons (Fsp3) is 0.600. The fourth-order valence-corrected chi connectivity index (χ4v) is 3.82. The van der Waals surface area contributed by atoms with Crippen LogP contribution in [0.5, 0.6) is 0 Å². The van der Waals surface area contributed by atoms with Crippen molar-refractivity contribution in [3.8, 4) is 0 Å². The van der Waals surface area contributed by atoms with Gasteiger partial charge in [-0.25, -0.2) is 14.6 Å². The van der Waals surface area contributed by atoms with Gasteiger partial charge in [-0.2, -0.15) is 0 Å². The van der Waals surface area contributed by atoms with Gasteiger partial charge in [-0.15, -0.1) is 11.3 Å². The summed E-state index contributed by atoms with van der Waals surface area (Å²) in [4.78, 5) is 33.8. The van der Waals surface area contributed by atoms with E-state index in [1.807, 2.05) is 5.38 Å². The second kappa shape index (κ2) is 7.16. The van der Waals surface area contributed by atoms with Gasteiger partial charge < -0.3 is 19.6 Å². The molecular formula is C15H19N3O5S. The van der Waals surface area contributed by atoms with Gasteiger partial charge in [0.15, 0.2) is 0 Å². The maximum atomic E-state index is 11.7. The number of nitrogens with zero attached hydrogens (tertiary/aromatic N) is 3. The Hall–Kier alpha value is -2.16. The van der Waals surface area contributed by atoms with E-state index in [2.05, 4.69) is 10.1 Å². The number of piperidine rings is 1. The summed E-state index contributed by atoms with van der Waals surface area (Å²) in [6.45, 7) is 3.12. The Morgan fingerprint density at radius 1 is 1.46 bits per heavy atom. The van der Waals surface area contributed by atoms with Crippen LogP contribution in [0.2, 0.25) is 0 Å². The van der Waals surface area contributed by atoms with E-state index in [1.54, 1.807) is 18.3 Å². The lowest BCUT2D eigenvalue weighted by molar-refractivity contribution is -0.154. The second-order valence-electron chi connectivity index (χ2n) is 5.70. The van der Waals surface area contributed by atoms with Crippen molar-refractivity contribution in [1.29, 1.82) is 0 Å². The van der Waals surface area contributed by atoms with Gasteiger partial charge in [0.1, 0.15) is 5.71 Å². The Balaban J connectivity index is 1.59. The van der Waals surface area contributed by atoms with Crippen LogP contribution < -0.4 is 0 Å². The number of aromatic nitrogens is 1. The molecule has 1 fully saturated rings. The van der Waals surface area contributed by atoms with Crippen molar-refractivity contribution in [2.75, 3.05) is 19.7 Å². The standard InChI is InChI=1S/C15H19N3O5S/c1-2-22-14(19)12-7-10(17-23-12)11-8-24-13(16-11)9-3-5-18(6-4-9)15(20)21/h8-9,12H,2-7H2,1H3,(H,20,21). The summed E-state index contributed by atoms with van der Waals surface area (Å²) in [6.07, 6.45) is 0.348. The van der Waals surface area contributed by atoms with Gasteiger partial charge >= 0.3 is 12.1 Å². The first-order chi connectivity index (χ1) is 11.6. The number of amides is 1. The lowest BCUT2D eigenvalue weighted by Gasteiger charge is -2.28. The van der Waals surface area contributed by atoms with Gasteiger partial charge in [0.05, 0.1) is 17.3 Å². The highest BCUT2D eigenvalue weighted by Crippen LogP contribution is 2.31. The minimum atomic E-state index is -0.865. The molecule has 0 radical (unpaired) electrons. The van der Waals surface area contributed by atoms with E-state index in [9.17, 15) is 9.59 Å². The van der Waals surface area contributed by atoms with Crippen molar-refractivity contribution in [3.05, 3.63) is 16.1 Å². The van der Waals surface area contributed by atoms with E-state index in [1.165, 1.54) is 4.90 Å². The molecule has 8 nitrogen and oxygen atoms in total. The average Bonchev–Trinajstić information content (AvgIpc) is 3.24. The minimum absolute atomic E-state index is 0.267. The van der Waals surface area contributed by atoms with Crippen LogP contribution in [0.15, 0.2) is 10.5 Å². The van der Waals surface area contributed by atoms with Crippen LogP contribution in [-0.4, -0.2) is 58.6 Å². The Morgan fingerprint density at radius 2 is 2.21 bits per heavy atom. The highest BCUT2D eigenvalue weighted by molar-refractivity contribution is 7.10. The zero-order valence-electron chi connectivity index (χ0n) is 13.3. The first-order valence-corrected chi connectivity index (χ1v) is 8.79. The summed E-state index contributed by atoms with van der Waals surface area (Å²) in [5, 5.41) is 15.8. The van der Waals surface area contributed by atoms with Gasteiger partial charge in [0, 0.05) is 30.8 Å². The molecule has 1 saturated heterocycles. The maximum Gasteiger partial charge on any atom is 0.407 e. The molecule has 0 aliphatic carbocycles. The zero-order valence-corrected chi connectivity index (χ0v) is 14.1. The van der Waals surface area contributed by atoms with Crippen molar-refractivity contribution in [2.24, 2.45) is 5.16 Å². The third-order valence-electron chi connectivity index (χ3n) is 4.15. The minimum Gasteiger partial charge on any atom is -0.465 e. The molecule has 3 rings (SSSR count). The molecular weight excluding hydrogens is 334 g/mol. The number of likely N-dealkylation sites (tertiary alicyclic amines) is 1. The van der Waals surface area contributed by atoms with Gasteiger partial charge in [-0.1, -0.05) is 5.16 Å². The first-order valence-electron chi connectivity index (χ1n) is 7.91. The Morgan fingerprint density at radius 3 is 2.88 bits per heavy atom. The number of esters is 1. The molecule has 1 N–H and O–H groups in total. The summed E-state index contributed by atoms with van der Waals surface area (Å²) in [7, 11) is 0. The van der Waals surface area contributed by atoms with E-state index in [0.29, 0.717) is 31.8 Å². The monoisotopic (exact) mass is 353 g/mol. The highest BCUT2D eigenvalue weighted by Gasteiger charge is 2.32. The molecule has 24 heavy (non-hydrogen) atoms. The van der Waals surface area contributed by atoms with Crippen molar-refractivity contribution in [1.82, 2.24) is 9.88 Å². The average molecular weight is 353 g/mol. The number of carboxylic acid groups (broad SMARTS) is 1. The molecule has 1 aromatic heterocycles. The predicted octanol–water partition coefficient (Wildman–Crippen LogP) is 2.06. The van der Waals surface area contributed by atoms with Crippen LogP contribution in [0.25, 0.3) is 0 Å². The first kappa shape index (κ1) is 16.7. The maximum absolute atomic E-state index is 11.7. The normalized spacial score (nSPS) is 21.3. The molecule has 0 saturated carbocycles. The topological polar surface area (TPSA) is 101 Å². The van der Waals surface area contributed by atoms with Crippen LogP contribution in [0, 0.1) is 0 Å². The Kier molecular flexibility index (Phi) is 4.98. The number of hydrogen-bond donors (Lipinski definition) is 1. The number of carbonyl (C=O) groups excluding carboxylic acids is 1. The molecule has 9 heteroatoms. The zero-order chi connectivity index (χ0) is 17.1. The van der Waals surface area contributed by atoms with Crippen molar-refractivity contribution in [3.63, 3.8) is 0 Å². The molecule has 1 amide bonds. The van der Waals surface area contributed by atoms with E-state index in [4.69, 9.17) is 14.7 Å². The Bertz CT molecular complexity index is 651. The molecule has 130 valence electrons. The number of oxime groups is 1. The lowest BCUT2D eigenvalue weighted by Crippen LogP contribution is -2.36. The van der Waals surface area contributed by atoms with Crippen LogP contribution in [-0.2, 0) is 14.4 Å². The van der Waals surface area contributed by atoms with Crippen LogP contribution in [0.1, 0.15) is 42.8 Å². The Labute approximate surface area is 143 Å². The van der Waals surface area contributed by atoms with Crippen LogP contribution >= 0.6 is 11.3 Å². The molecule has 0 spiro atoms. The summed E-state index contributed by atoms with van der Waals surface area (Å²) in [6, 6.07) is 0. The number of hydrogen-bond acceptors (Lipinski definition) is 7. The van der Waals surface area contributed by atoms with E-state index in [0.717, 1.165) is 23.5 Å². The summed E-state index contributed by atoms with van der Waals surface area (Å²) < 4.78 is 4.93. The van der Waals surface area contributed by atoms with E-state index >= 15 is 0 Å². The summed E-state index contributed by atoms with van der Waals surface area (Å²) in [5.74, 6) is -0.143. The van der Waals surface area contributed by atoms with E-state index < -0.39 is 18.2 Å². The quantitative estimate of drug-likeness (QED) is 0.832. The van der Waals surface area contributed by atoms with Crippen molar-refractivity contribution < 1.29 is 24.3 Å². The molecule has 2 aliphatic rings. The molecule has 1 atom stereocenters. The third kappa shape index (κ3) is 3.50. The van der Waals surface area contributed by atoms with Gasteiger partial charge in [0.25, 0.3) is 0 Å². The fourth-order valence-electron chi connectivity index (χ4n) is 2.82. The predicted molar refractivity (Wildman–Crippen MR) is 86.3 cm³/mol. The lowest BCUT2D eigenvalue weighted by atomic mass is 9.98. The van der Waals surface area contributed by atoms with Crippen LogP contribution in [0.4, 0.5) is 4.79 Å². The van der Waals surface area contributed by atoms with Gasteiger partial charge in [-0.3, -0.25) is 0 Å². The summed E-state index contributed by atoms with van der Waals surface area (Å²) >= 11 is 1.54. The number of ether oxygens (including phenoxy) is 1. The third-order valence-corrected chi connectivity index (χ3v) is 5.16. The SMILES string of the molecule is CCOC(=O)C1CC(c2csc(C3CCN(C(=O)O)CC3)n2)=NO1. The number of thiazole rings is 1. The van der Waals surface area contributed by atoms with Gasteiger partial charge in [-0.05, 0) is 19.8 Å². The largest absolute Gasteiger partial charge is 0.465 e. The molecule has 1 unspecified atom stereocenters. The molecule has 3 heterocycles. The van der Waals surface area contributed by atoms with Crippen molar-refractivity contribution in [2.45, 2.75) is 38.2 Å². The number of carbonyl (C=O) groups is 2. The highest BCUT2D eigenvalue weighted by atomic mass is 32.1. The summed E-state index contributed by atoms with van der Waals surface area (Å²) in [5.41, 5.74) is 1.38. The molecule has 1 aromatic rings. The van der Waals surface area contributed by atoms with Crippen molar-refractivity contribution >= 4 is 29.1 Å². The van der Waals surface area contributed by atoms with Gasteiger partial charge in [0.2, 0.25) is 6.10 Å². The van der Waals surface area contributed by atoms with Crippen LogP contribution in [0.3, 0.4) is 0 Å². The number of rotatable bonds is 4. The molecule has 0 bridgehead atoms. The molecule has 2 aliphatic heterocycles.